The maximum atomic E-state index is 11.2. The molecule has 1 aliphatic carbocycles. The first-order valence-electron chi connectivity index (χ1n) is 6.39. The number of hydrogen-bond acceptors (Lipinski definition) is 3. The summed E-state index contributed by atoms with van der Waals surface area (Å²) in [5.74, 6) is 0.165. The van der Waals surface area contributed by atoms with Crippen molar-refractivity contribution in [3.05, 3.63) is 35.4 Å². The highest BCUT2D eigenvalue weighted by Crippen LogP contribution is 2.34. The summed E-state index contributed by atoms with van der Waals surface area (Å²) in [4.78, 5) is 0. The first kappa shape index (κ1) is 13.6. The second kappa shape index (κ2) is 5.41. The van der Waals surface area contributed by atoms with E-state index in [0.717, 1.165) is 19.3 Å². The SMILES string of the molecule is CS(=O)(=O)CC(O)CC1CCCc2ccccc21. The molecule has 0 amide bonds. The van der Waals surface area contributed by atoms with Gasteiger partial charge in [0.15, 0.2) is 0 Å². The van der Waals surface area contributed by atoms with Gasteiger partial charge in [-0.15, -0.1) is 0 Å². The lowest BCUT2D eigenvalue weighted by molar-refractivity contribution is 0.173. The van der Waals surface area contributed by atoms with E-state index in [2.05, 4.69) is 12.1 Å². The van der Waals surface area contributed by atoms with Crippen molar-refractivity contribution in [2.75, 3.05) is 12.0 Å². The van der Waals surface area contributed by atoms with Crippen LogP contribution >= 0.6 is 0 Å². The molecule has 0 aliphatic heterocycles. The summed E-state index contributed by atoms with van der Waals surface area (Å²) in [6.07, 6.45) is 4.21. The summed E-state index contributed by atoms with van der Waals surface area (Å²) < 4.78 is 22.3. The van der Waals surface area contributed by atoms with Crippen LogP contribution in [0.1, 0.15) is 36.3 Å². The molecule has 0 spiro atoms. The van der Waals surface area contributed by atoms with E-state index in [1.165, 1.54) is 17.4 Å². The molecule has 0 bridgehead atoms. The van der Waals surface area contributed by atoms with Crippen molar-refractivity contribution in [3.63, 3.8) is 0 Å². The fourth-order valence-electron chi connectivity index (χ4n) is 2.85. The highest BCUT2D eigenvalue weighted by molar-refractivity contribution is 7.90. The molecule has 3 nitrogen and oxygen atoms in total. The molecule has 0 fully saturated rings. The number of aliphatic hydroxyl groups excluding tert-OH is 1. The molecule has 0 heterocycles. The van der Waals surface area contributed by atoms with Gasteiger partial charge in [-0.1, -0.05) is 24.3 Å². The molecule has 4 heteroatoms. The second-order valence-corrected chi connectivity index (χ2v) is 7.45. The van der Waals surface area contributed by atoms with Crippen molar-refractivity contribution in [1.29, 1.82) is 0 Å². The average Bonchev–Trinajstić information content (AvgIpc) is 2.27. The Morgan fingerprint density at radius 3 is 2.83 bits per heavy atom. The van der Waals surface area contributed by atoms with Crippen molar-refractivity contribution in [2.24, 2.45) is 0 Å². The van der Waals surface area contributed by atoms with Gasteiger partial charge in [-0.3, -0.25) is 0 Å². The zero-order chi connectivity index (χ0) is 13.2. The topological polar surface area (TPSA) is 54.4 Å². The number of rotatable bonds is 4. The monoisotopic (exact) mass is 268 g/mol. The maximum absolute atomic E-state index is 11.2. The Morgan fingerprint density at radius 2 is 2.11 bits per heavy atom. The van der Waals surface area contributed by atoms with Crippen LogP contribution in [0.15, 0.2) is 24.3 Å². The third-order valence-electron chi connectivity index (χ3n) is 3.55. The van der Waals surface area contributed by atoms with Gasteiger partial charge in [-0.25, -0.2) is 8.42 Å². The zero-order valence-electron chi connectivity index (χ0n) is 10.7. The van der Waals surface area contributed by atoms with E-state index in [0.29, 0.717) is 12.3 Å². The Labute approximate surface area is 109 Å². The minimum Gasteiger partial charge on any atom is -0.392 e. The van der Waals surface area contributed by atoms with Crippen LogP contribution in [0, 0.1) is 0 Å². The molecule has 1 N–H and O–H groups in total. The summed E-state index contributed by atoms with van der Waals surface area (Å²) in [5.41, 5.74) is 2.64. The smallest absolute Gasteiger partial charge is 0.149 e. The summed E-state index contributed by atoms with van der Waals surface area (Å²) >= 11 is 0. The van der Waals surface area contributed by atoms with Gasteiger partial charge in [0.1, 0.15) is 9.84 Å². The molecule has 0 aromatic heterocycles. The molecule has 2 rings (SSSR count). The molecular weight excluding hydrogens is 248 g/mol. The van der Waals surface area contributed by atoms with Crippen LogP contribution < -0.4 is 0 Å². The molecule has 0 saturated heterocycles. The third kappa shape index (κ3) is 3.56. The second-order valence-electron chi connectivity index (χ2n) is 5.27. The molecule has 2 unspecified atom stereocenters. The van der Waals surface area contributed by atoms with Gasteiger partial charge in [0.05, 0.1) is 11.9 Å². The fraction of sp³-hybridized carbons (Fsp3) is 0.571. The van der Waals surface area contributed by atoms with Gasteiger partial charge >= 0.3 is 0 Å². The number of aryl methyl sites for hydroxylation is 1. The molecule has 18 heavy (non-hydrogen) atoms. The molecule has 0 saturated carbocycles. The van der Waals surface area contributed by atoms with E-state index in [9.17, 15) is 13.5 Å². The molecule has 0 radical (unpaired) electrons. The molecular formula is C14H20O3S. The van der Waals surface area contributed by atoms with Gasteiger partial charge in [0.2, 0.25) is 0 Å². The van der Waals surface area contributed by atoms with Gasteiger partial charge in [0.25, 0.3) is 0 Å². The van der Waals surface area contributed by atoms with Crippen molar-refractivity contribution in [1.82, 2.24) is 0 Å². The number of hydrogen-bond donors (Lipinski definition) is 1. The summed E-state index contributed by atoms with van der Waals surface area (Å²) in [6.45, 7) is 0. The Bertz CT molecular complexity index is 508. The highest BCUT2D eigenvalue weighted by Gasteiger charge is 2.23. The quantitative estimate of drug-likeness (QED) is 0.907. The Hall–Kier alpha value is -0.870. The van der Waals surface area contributed by atoms with E-state index >= 15 is 0 Å². The number of aliphatic hydroxyl groups is 1. The standard InChI is InChI=1S/C14H20O3S/c1-18(16,17)10-13(15)9-12-7-4-6-11-5-2-3-8-14(11)12/h2-3,5,8,12-13,15H,4,6-7,9-10H2,1H3. The van der Waals surface area contributed by atoms with Crippen LogP contribution in [0.25, 0.3) is 0 Å². The van der Waals surface area contributed by atoms with Crippen LogP contribution in [0.3, 0.4) is 0 Å². The largest absolute Gasteiger partial charge is 0.392 e. The van der Waals surface area contributed by atoms with E-state index in [-0.39, 0.29) is 5.75 Å². The number of sulfone groups is 1. The van der Waals surface area contributed by atoms with E-state index in [1.54, 1.807) is 0 Å². The summed E-state index contributed by atoms with van der Waals surface area (Å²) in [6, 6.07) is 8.28. The van der Waals surface area contributed by atoms with Crippen LogP contribution in [0.5, 0.6) is 0 Å². The van der Waals surface area contributed by atoms with Crippen LogP contribution in [-0.4, -0.2) is 31.6 Å². The number of benzene rings is 1. The van der Waals surface area contributed by atoms with Gasteiger partial charge in [-0.2, -0.15) is 0 Å². The molecule has 1 aliphatic rings. The molecule has 1 aromatic rings. The molecule has 1 aromatic carbocycles. The van der Waals surface area contributed by atoms with Gasteiger partial charge in [-0.05, 0) is 42.7 Å². The van der Waals surface area contributed by atoms with Gasteiger partial charge in [0, 0.05) is 6.26 Å². The lowest BCUT2D eigenvalue weighted by Crippen LogP contribution is -2.23. The average molecular weight is 268 g/mol. The van der Waals surface area contributed by atoms with E-state index < -0.39 is 15.9 Å². The first-order chi connectivity index (χ1) is 8.46. The minimum atomic E-state index is -3.10. The fourth-order valence-corrected chi connectivity index (χ4v) is 3.68. The molecule has 2 atom stereocenters. The third-order valence-corrected chi connectivity index (χ3v) is 4.54. The van der Waals surface area contributed by atoms with Crippen LogP contribution in [0.4, 0.5) is 0 Å². The maximum Gasteiger partial charge on any atom is 0.149 e. The van der Waals surface area contributed by atoms with Gasteiger partial charge < -0.3 is 5.11 Å². The van der Waals surface area contributed by atoms with Crippen molar-refractivity contribution in [2.45, 2.75) is 37.7 Å². The lowest BCUT2D eigenvalue weighted by atomic mass is 9.80. The predicted molar refractivity (Wildman–Crippen MR) is 72.5 cm³/mol. The zero-order valence-corrected chi connectivity index (χ0v) is 11.5. The number of fused-ring (bicyclic) bond motifs is 1. The van der Waals surface area contributed by atoms with Crippen molar-refractivity contribution < 1.29 is 13.5 Å². The van der Waals surface area contributed by atoms with Crippen LogP contribution in [-0.2, 0) is 16.3 Å². The van der Waals surface area contributed by atoms with Crippen LogP contribution in [0.2, 0.25) is 0 Å². The Kier molecular flexibility index (Phi) is 4.07. The first-order valence-corrected chi connectivity index (χ1v) is 8.45. The summed E-state index contributed by atoms with van der Waals surface area (Å²) in [7, 11) is -3.10. The highest BCUT2D eigenvalue weighted by atomic mass is 32.2. The van der Waals surface area contributed by atoms with E-state index in [1.807, 2.05) is 12.1 Å². The van der Waals surface area contributed by atoms with E-state index in [4.69, 9.17) is 0 Å². The summed E-state index contributed by atoms with van der Waals surface area (Å²) in [5, 5.41) is 9.88. The van der Waals surface area contributed by atoms with Crippen molar-refractivity contribution in [3.8, 4) is 0 Å². The Morgan fingerprint density at radius 1 is 1.39 bits per heavy atom. The normalized spacial score (nSPS) is 21.3. The van der Waals surface area contributed by atoms with Crippen molar-refractivity contribution >= 4 is 9.84 Å². The predicted octanol–water partition coefficient (Wildman–Crippen LogP) is 1.90. The molecule has 100 valence electrons. The Balaban J connectivity index is 2.07. The minimum absolute atomic E-state index is 0.133. The lowest BCUT2D eigenvalue weighted by Gasteiger charge is -2.27.